The number of rotatable bonds is 7. The standard InChI is InChI=1S/C25H24N4O4S/c1-17(18-10-11-20-22(15-18)33-14-6-13-31-20)26-23(30)16-34-25-28-27-24(21-9-5-12-32-21)29(25)19-7-3-2-4-8-19/h2-5,7-12,15,17H,6,13-14,16H2,1H3,(H,26,30). The highest BCUT2D eigenvalue weighted by atomic mass is 32.2. The summed E-state index contributed by atoms with van der Waals surface area (Å²) in [7, 11) is 0. The number of para-hydroxylation sites is 1. The molecule has 1 aliphatic rings. The Hall–Kier alpha value is -3.72. The minimum absolute atomic E-state index is 0.105. The minimum Gasteiger partial charge on any atom is -0.490 e. The molecular formula is C25H24N4O4S. The monoisotopic (exact) mass is 476 g/mol. The Balaban J connectivity index is 1.28. The molecule has 9 heteroatoms. The first-order valence-corrected chi connectivity index (χ1v) is 12.0. The minimum atomic E-state index is -0.184. The molecule has 1 aliphatic heterocycles. The van der Waals surface area contributed by atoms with Gasteiger partial charge in [0.25, 0.3) is 0 Å². The number of fused-ring (bicyclic) bond motifs is 1. The van der Waals surface area contributed by atoms with E-state index in [0.717, 1.165) is 23.4 Å². The molecule has 174 valence electrons. The van der Waals surface area contributed by atoms with E-state index in [1.54, 1.807) is 12.3 Å². The van der Waals surface area contributed by atoms with Crippen molar-refractivity contribution in [3.05, 3.63) is 72.5 Å². The van der Waals surface area contributed by atoms with E-state index in [-0.39, 0.29) is 17.7 Å². The smallest absolute Gasteiger partial charge is 0.230 e. The topological polar surface area (TPSA) is 91.4 Å². The normalized spacial score (nSPS) is 13.8. The molecule has 8 nitrogen and oxygen atoms in total. The molecule has 0 saturated heterocycles. The number of thioether (sulfide) groups is 1. The molecule has 1 atom stereocenters. The van der Waals surface area contributed by atoms with Crippen LogP contribution in [0.5, 0.6) is 11.5 Å². The van der Waals surface area contributed by atoms with Crippen molar-refractivity contribution in [2.75, 3.05) is 19.0 Å². The second kappa shape index (κ2) is 10.0. The van der Waals surface area contributed by atoms with Gasteiger partial charge in [0.15, 0.2) is 22.4 Å². The molecule has 1 N–H and O–H groups in total. The number of ether oxygens (including phenoxy) is 2. The Labute approximate surface area is 201 Å². The van der Waals surface area contributed by atoms with Gasteiger partial charge in [-0.25, -0.2) is 0 Å². The molecule has 0 fully saturated rings. The van der Waals surface area contributed by atoms with Crippen LogP contribution in [0.2, 0.25) is 0 Å². The lowest BCUT2D eigenvalue weighted by atomic mass is 10.1. The van der Waals surface area contributed by atoms with Gasteiger partial charge in [-0.15, -0.1) is 10.2 Å². The largest absolute Gasteiger partial charge is 0.490 e. The Kier molecular flexibility index (Phi) is 6.53. The molecule has 4 aromatic rings. The second-order valence-electron chi connectivity index (χ2n) is 7.79. The van der Waals surface area contributed by atoms with E-state index in [2.05, 4.69) is 15.5 Å². The number of aromatic nitrogens is 3. The molecule has 0 saturated carbocycles. The zero-order valence-electron chi connectivity index (χ0n) is 18.6. The van der Waals surface area contributed by atoms with Crippen molar-refractivity contribution >= 4 is 17.7 Å². The van der Waals surface area contributed by atoms with Gasteiger partial charge in [0.1, 0.15) is 0 Å². The third-order valence-corrected chi connectivity index (χ3v) is 6.30. The summed E-state index contributed by atoms with van der Waals surface area (Å²) >= 11 is 1.32. The van der Waals surface area contributed by atoms with Gasteiger partial charge in [-0.05, 0) is 48.9 Å². The predicted molar refractivity (Wildman–Crippen MR) is 128 cm³/mol. The summed E-state index contributed by atoms with van der Waals surface area (Å²) in [5.41, 5.74) is 1.84. The number of carbonyl (C=O) groups is 1. The lowest BCUT2D eigenvalue weighted by Gasteiger charge is -2.16. The van der Waals surface area contributed by atoms with Crippen LogP contribution in [-0.4, -0.2) is 39.6 Å². The van der Waals surface area contributed by atoms with Gasteiger partial charge in [-0.2, -0.15) is 0 Å². The van der Waals surface area contributed by atoms with Crippen LogP contribution in [0.25, 0.3) is 17.3 Å². The summed E-state index contributed by atoms with van der Waals surface area (Å²) < 4.78 is 18.9. The van der Waals surface area contributed by atoms with Gasteiger partial charge < -0.3 is 19.2 Å². The number of furan rings is 1. The highest BCUT2D eigenvalue weighted by molar-refractivity contribution is 7.99. The van der Waals surface area contributed by atoms with Gasteiger partial charge in [-0.3, -0.25) is 9.36 Å². The fourth-order valence-electron chi connectivity index (χ4n) is 3.68. The van der Waals surface area contributed by atoms with Crippen molar-refractivity contribution in [3.8, 4) is 28.8 Å². The summed E-state index contributed by atoms with van der Waals surface area (Å²) in [6, 6.07) is 19.0. The molecule has 3 heterocycles. The molecule has 5 rings (SSSR count). The maximum atomic E-state index is 12.8. The van der Waals surface area contributed by atoms with Crippen LogP contribution in [0.4, 0.5) is 0 Å². The van der Waals surface area contributed by atoms with Crippen molar-refractivity contribution in [3.63, 3.8) is 0 Å². The molecule has 1 amide bonds. The van der Waals surface area contributed by atoms with Crippen LogP contribution in [0.1, 0.15) is 24.9 Å². The van der Waals surface area contributed by atoms with Crippen molar-refractivity contribution in [2.24, 2.45) is 0 Å². The highest BCUT2D eigenvalue weighted by Crippen LogP contribution is 2.32. The first-order chi connectivity index (χ1) is 16.7. The number of carbonyl (C=O) groups excluding carboxylic acids is 1. The van der Waals surface area contributed by atoms with E-state index in [0.29, 0.717) is 35.7 Å². The molecule has 2 aromatic carbocycles. The van der Waals surface area contributed by atoms with Crippen LogP contribution in [0, 0.1) is 0 Å². The van der Waals surface area contributed by atoms with E-state index in [1.165, 1.54) is 11.8 Å². The maximum absolute atomic E-state index is 12.8. The maximum Gasteiger partial charge on any atom is 0.230 e. The summed E-state index contributed by atoms with van der Waals surface area (Å²) in [5, 5.41) is 12.3. The average molecular weight is 477 g/mol. The van der Waals surface area contributed by atoms with Crippen molar-refractivity contribution in [1.82, 2.24) is 20.1 Å². The predicted octanol–water partition coefficient (Wildman–Crippen LogP) is 4.66. The molecular weight excluding hydrogens is 452 g/mol. The number of hydrogen-bond acceptors (Lipinski definition) is 7. The van der Waals surface area contributed by atoms with Crippen molar-refractivity contribution < 1.29 is 18.7 Å². The molecule has 0 radical (unpaired) electrons. The number of amides is 1. The van der Waals surface area contributed by atoms with E-state index < -0.39 is 0 Å². The van der Waals surface area contributed by atoms with E-state index in [9.17, 15) is 4.79 Å². The Morgan fingerprint density at radius 1 is 1.06 bits per heavy atom. The second-order valence-corrected chi connectivity index (χ2v) is 8.73. The van der Waals surface area contributed by atoms with Gasteiger partial charge in [0.05, 0.1) is 31.3 Å². The highest BCUT2D eigenvalue weighted by Gasteiger charge is 2.20. The summed E-state index contributed by atoms with van der Waals surface area (Å²) in [6.07, 6.45) is 2.45. The van der Waals surface area contributed by atoms with Gasteiger partial charge in [-0.1, -0.05) is 36.0 Å². The van der Waals surface area contributed by atoms with Crippen LogP contribution in [0.3, 0.4) is 0 Å². The molecule has 0 bridgehead atoms. The van der Waals surface area contributed by atoms with Gasteiger partial charge >= 0.3 is 0 Å². The average Bonchev–Trinajstić information content (AvgIpc) is 3.48. The van der Waals surface area contributed by atoms with Crippen LogP contribution in [-0.2, 0) is 4.79 Å². The number of nitrogens with one attached hydrogen (secondary N) is 1. The summed E-state index contributed by atoms with van der Waals surface area (Å²) in [5.74, 6) is 2.73. The van der Waals surface area contributed by atoms with Gasteiger partial charge in [0, 0.05) is 12.1 Å². The van der Waals surface area contributed by atoms with Crippen LogP contribution in [0.15, 0.2) is 76.5 Å². The lowest BCUT2D eigenvalue weighted by Crippen LogP contribution is -2.28. The number of hydrogen-bond donors (Lipinski definition) is 1. The van der Waals surface area contributed by atoms with E-state index >= 15 is 0 Å². The fourth-order valence-corrected chi connectivity index (χ4v) is 4.45. The Bertz CT molecular complexity index is 1260. The molecule has 0 aliphatic carbocycles. The zero-order valence-corrected chi connectivity index (χ0v) is 19.5. The molecule has 1 unspecified atom stereocenters. The first kappa shape index (κ1) is 22.1. The Morgan fingerprint density at radius 2 is 1.88 bits per heavy atom. The molecule has 34 heavy (non-hydrogen) atoms. The molecule has 2 aromatic heterocycles. The first-order valence-electron chi connectivity index (χ1n) is 11.1. The quantitative estimate of drug-likeness (QED) is 0.388. The summed E-state index contributed by atoms with van der Waals surface area (Å²) in [4.78, 5) is 12.8. The lowest BCUT2D eigenvalue weighted by molar-refractivity contribution is -0.119. The summed E-state index contributed by atoms with van der Waals surface area (Å²) in [6.45, 7) is 3.21. The Morgan fingerprint density at radius 3 is 2.68 bits per heavy atom. The van der Waals surface area contributed by atoms with Crippen molar-refractivity contribution in [1.29, 1.82) is 0 Å². The SMILES string of the molecule is CC(NC(=O)CSc1nnc(-c2ccco2)n1-c1ccccc1)c1ccc2c(c1)OCCCO2. The van der Waals surface area contributed by atoms with Gasteiger partial charge in [0.2, 0.25) is 11.7 Å². The van der Waals surface area contributed by atoms with Crippen LogP contribution < -0.4 is 14.8 Å². The van der Waals surface area contributed by atoms with E-state index in [4.69, 9.17) is 13.9 Å². The molecule has 0 spiro atoms. The van der Waals surface area contributed by atoms with Crippen molar-refractivity contribution in [2.45, 2.75) is 24.5 Å². The number of benzene rings is 2. The number of nitrogens with zero attached hydrogens (tertiary/aromatic N) is 3. The van der Waals surface area contributed by atoms with Crippen LogP contribution >= 0.6 is 11.8 Å². The fraction of sp³-hybridized carbons (Fsp3) is 0.240. The third-order valence-electron chi connectivity index (χ3n) is 5.37. The van der Waals surface area contributed by atoms with E-state index in [1.807, 2.05) is 66.1 Å². The zero-order chi connectivity index (χ0) is 23.3. The third kappa shape index (κ3) is 4.79.